The molecule has 2 rings (SSSR count). The third-order valence-corrected chi connectivity index (χ3v) is 3.89. The second-order valence-electron chi connectivity index (χ2n) is 4.52. The molecular formula is C13H19N3S. The third kappa shape index (κ3) is 2.76. The van der Waals surface area contributed by atoms with Crippen LogP contribution in [0.1, 0.15) is 13.8 Å². The molecule has 1 unspecified atom stereocenters. The van der Waals surface area contributed by atoms with Gasteiger partial charge in [-0.2, -0.15) is 0 Å². The average molecular weight is 249 g/mol. The van der Waals surface area contributed by atoms with E-state index in [4.69, 9.17) is 0 Å². The zero-order valence-corrected chi connectivity index (χ0v) is 11.4. The van der Waals surface area contributed by atoms with Crippen LogP contribution in [0.3, 0.4) is 0 Å². The standard InChI is InChI=1S/C13H19N3S/c1-10(2)11(14-3)9-16-7-6-15-13(16)12-5-4-8-17-12/h4-8,10-11,14H,9H2,1-3H3. The zero-order valence-electron chi connectivity index (χ0n) is 10.6. The van der Waals surface area contributed by atoms with Gasteiger partial charge in [0, 0.05) is 25.0 Å². The van der Waals surface area contributed by atoms with Crippen molar-refractivity contribution in [2.24, 2.45) is 5.92 Å². The Morgan fingerprint density at radius 2 is 2.29 bits per heavy atom. The maximum absolute atomic E-state index is 4.45. The van der Waals surface area contributed by atoms with Crippen LogP contribution in [-0.4, -0.2) is 22.6 Å². The first-order chi connectivity index (χ1) is 8.22. The summed E-state index contributed by atoms with van der Waals surface area (Å²) < 4.78 is 2.23. The molecule has 2 aromatic rings. The van der Waals surface area contributed by atoms with Gasteiger partial charge in [-0.15, -0.1) is 11.3 Å². The first-order valence-corrected chi connectivity index (χ1v) is 6.82. The summed E-state index contributed by atoms with van der Waals surface area (Å²) in [5.74, 6) is 1.68. The van der Waals surface area contributed by atoms with E-state index in [-0.39, 0.29) is 0 Å². The summed E-state index contributed by atoms with van der Waals surface area (Å²) in [7, 11) is 2.02. The van der Waals surface area contributed by atoms with Crippen molar-refractivity contribution in [1.29, 1.82) is 0 Å². The molecule has 3 nitrogen and oxygen atoms in total. The van der Waals surface area contributed by atoms with Crippen LogP contribution < -0.4 is 5.32 Å². The highest BCUT2D eigenvalue weighted by Gasteiger charge is 2.14. The Labute approximate surface area is 107 Å². The van der Waals surface area contributed by atoms with Gasteiger partial charge in [0.1, 0.15) is 5.82 Å². The van der Waals surface area contributed by atoms with Crippen molar-refractivity contribution in [2.45, 2.75) is 26.4 Å². The van der Waals surface area contributed by atoms with E-state index in [1.807, 2.05) is 13.2 Å². The predicted octanol–water partition coefficient (Wildman–Crippen LogP) is 2.86. The van der Waals surface area contributed by atoms with Crippen LogP contribution in [0.15, 0.2) is 29.9 Å². The molecule has 2 aromatic heterocycles. The van der Waals surface area contributed by atoms with Gasteiger partial charge in [0.25, 0.3) is 0 Å². The van der Waals surface area contributed by atoms with E-state index in [1.165, 1.54) is 4.88 Å². The van der Waals surface area contributed by atoms with E-state index in [0.717, 1.165) is 12.4 Å². The van der Waals surface area contributed by atoms with Crippen LogP contribution in [0, 0.1) is 5.92 Å². The number of aromatic nitrogens is 2. The quantitative estimate of drug-likeness (QED) is 0.883. The number of thiophene rings is 1. The zero-order chi connectivity index (χ0) is 12.3. The topological polar surface area (TPSA) is 29.9 Å². The highest BCUT2D eigenvalue weighted by atomic mass is 32.1. The second-order valence-corrected chi connectivity index (χ2v) is 5.47. The lowest BCUT2D eigenvalue weighted by Gasteiger charge is -2.21. The van der Waals surface area contributed by atoms with Crippen molar-refractivity contribution in [3.63, 3.8) is 0 Å². The molecule has 0 fully saturated rings. The van der Waals surface area contributed by atoms with E-state index >= 15 is 0 Å². The Kier molecular flexibility index (Phi) is 3.97. The van der Waals surface area contributed by atoms with Crippen molar-refractivity contribution in [1.82, 2.24) is 14.9 Å². The fourth-order valence-electron chi connectivity index (χ4n) is 1.93. The molecule has 17 heavy (non-hydrogen) atoms. The third-order valence-electron chi connectivity index (χ3n) is 3.03. The molecule has 0 spiro atoms. The molecule has 2 heterocycles. The van der Waals surface area contributed by atoms with E-state index < -0.39 is 0 Å². The Balaban J connectivity index is 2.20. The van der Waals surface area contributed by atoms with Crippen LogP contribution in [0.2, 0.25) is 0 Å². The molecular weight excluding hydrogens is 230 g/mol. The molecule has 0 amide bonds. The Bertz CT molecular complexity index is 445. The van der Waals surface area contributed by atoms with Crippen LogP contribution in [0.4, 0.5) is 0 Å². The van der Waals surface area contributed by atoms with E-state index in [2.05, 4.69) is 52.4 Å². The van der Waals surface area contributed by atoms with Gasteiger partial charge < -0.3 is 9.88 Å². The van der Waals surface area contributed by atoms with Gasteiger partial charge in [0.05, 0.1) is 4.88 Å². The molecule has 0 radical (unpaired) electrons. The Morgan fingerprint density at radius 3 is 2.88 bits per heavy atom. The molecule has 0 aliphatic rings. The number of hydrogen-bond donors (Lipinski definition) is 1. The number of hydrogen-bond acceptors (Lipinski definition) is 3. The molecule has 0 saturated carbocycles. The number of nitrogens with one attached hydrogen (secondary N) is 1. The average Bonchev–Trinajstić information content (AvgIpc) is 2.95. The summed E-state index contributed by atoms with van der Waals surface area (Å²) in [6.07, 6.45) is 3.93. The Morgan fingerprint density at radius 1 is 1.47 bits per heavy atom. The SMILES string of the molecule is CNC(Cn1ccnc1-c1cccs1)C(C)C. The van der Waals surface area contributed by atoms with Gasteiger partial charge in [-0.25, -0.2) is 4.98 Å². The second kappa shape index (κ2) is 5.47. The van der Waals surface area contributed by atoms with Crippen LogP contribution in [0.25, 0.3) is 10.7 Å². The van der Waals surface area contributed by atoms with Gasteiger partial charge in [0.15, 0.2) is 0 Å². The molecule has 0 aliphatic carbocycles. The smallest absolute Gasteiger partial charge is 0.150 e. The number of imidazole rings is 1. The Hall–Kier alpha value is -1.13. The fourth-order valence-corrected chi connectivity index (χ4v) is 2.67. The minimum Gasteiger partial charge on any atom is -0.329 e. The first-order valence-electron chi connectivity index (χ1n) is 5.94. The number of likely N-dealkylation sites (N-methyl/N-ethyl adjacent to an activating group) is 1. The van der Waals surface area contributed by atoms with Gasteiger partial charge in [0.2, 0.25) is 0 Å². The van der Waals surface area contributed by atoms with E-state index in [1.54, 1.807) is 11.3 Å². The van der Waals surface area contributed by atoms with Gasteiger partial charge in [-0.05, 0) is 24.4 Å². The van der Waals surface area contributed by atoms with Gasteiger partial charge in [-0.3, -0.25) is 0 Å². The summed E-state index contributed by atoms with van der Waals surface area (Å²) in [4.78, 5) is 5.68. The monoisotopic (exact) mass is 249 g/mol. The van der Waals surface area contributed by atoms with Crippen molar-refractivity contribution in [2.75, 3.05) is 7.05 Å². The van der Waals surface area contributed by atoms with Crippen molar-refractivity contribution in [3.05, 3.63) is 29.9 Å². The van der Waals surface area contributed by atoms with Crippen molar-refractivity contribution >= 4 is 11.3 Å². The molecule has 92 valence electrons. The minimum atomic E-state index is 0.475. The van der Waals surface area contributed by atoms with E-state index in [0.29, 0.717) is 12.0 Å². The van der Waals surface area contributed by atoms with Crippen molar-refractivity contribution < 1.29 is 0 Å². The fraction of sp³-hybridized carbons (Fsp3) is 0.462. The predicted molar refractivity (Wildman–Crippen MR) is 73.2 cm³/mol. The molecule has 0 aliphatic heterocycles. The van der Waals surface area contributed by atoms with Crippen LogP contribution in [0.5, 0.6) is 0 Å². The van der Waals surface area contributed by atoms with Crippen molar-refractivity contribution in [3.8, 4) is 10.7 Å². The van der Waals surface area contributed by atoms with Gasteiger partial charge in [-0.1, -0.05) is 19.9 Å². The summed E-state index contributed by atoms with van der Waals surface area (Å²) >= 11 is 1.73. The summed E-state index contributed by atoms with van der Waals surface area (Å²) in [5.41, 5.74) is 0. The minimum absolute atomic E-state index is 0.475. The maximum atomic E-state index is 4.45. The molecule has 1 N–H and O–H groups in total. The largest absolute Gasteiger partial charge is 0.329 e. The molecule has 4 heteroatoms. The molecule has 0 aromatic carbocycles. The summed E-state index contributed by atoms with van der Waals surface area (Å²) in [5, 5.41) is 5.46. The highest BCUT2D eigenvalue weighted by molar-refractivity contribution is 7.13. The van der Waals surface area contributed by atoms with Crippen LogP contribution >= 0.6 is 11.3 Å². The van der Waals surface area contributed by atoms with E-state index in [9.17, 15) is 0 Å². The highest BCUT2D eigenvalue weighted by Crippen LogP contribution is 2.23. The lowest BCUT2D eigenvalue weighted by Crippen LogP contribution is -2.34. The molecule has 0 bridgehead atoms. The molecule has 1 atom stereocenters. The number of nitrogens with zero attached hydrogens (tertiary/aromatic N) is 2. The summed E-state index contributed by atoms with van der Waals surface area (Å²) in [6.45, 7) is 5.44. The summed E-state index contributed by atoms with van der Waals surface area (Å²) in [6, 6.07) is 4.66. The lowest BCUT2D eigenvalue weighted by molar-refractivity contribution is 0.379. The number of rotatable bonds is 5. The lowest BCUT2D eigenvalue weighted by atomic mass is 10.0. The van der Waals surface area contributed by atoms with Gasteiger partial charge >= 0.3 is 0 Å². The normalized spacial score (nSPS) is 13.2. The first kappa shape index (κ1) is 12.3. The molecule has 0 saturated heterocycles. The maximum Gasteiger partial charge on any atom is 0.150 e. The van der Waals surface area contributed by atoms with Crippen LogP contribution in [-0.2, 0) is 6.54 Å².